The number of hydrogen-bond acceptors (Lipinski definition) is 3. The first-order valence-corrected chi connectivity index (χ1v) is 9.30. The minimum Gasteiger partial charge on any atom is -0.337 e. The summed E-state index contributed by atoms with van der Waals surface area (Å²) in [6.45, 7) is -0.189. The second-order valence-corrected chi connectivity index (χ2v) is 7.23. The van der Waals surface area contributed by atoms with E-state index in [1.165, 1.54) is 21.7 Å². The van der Waals surface area contributed by atoms with Crippen LogP contribution in [0.5, 0.6) is 0 Å². The number of amides is 2. The zero-order valence-corrected chi connectivity index (χ0v) is 16.3. The van der Waals surface area contributed by atoms with Crippen molar-refractivity contribution < 1.29 is 27.2 Å². The molecular formula is C20H13ClF4N4O2. The van der Waals surface area contributed by atoms with Crippen LogP contribution < -0.4 is 5.32 Å². The highest BCUT2D eigenvalue weighted by molar-refractivity contribution is 6.30. The minimum absolute atomic E-state index is 0.0186. The number of nitrogens with one attached hydrogen (secondary N) is 1. The van der Waals surface area contributed by atoms with E-state index in [1.807, 2.05) is 0 Å². The van der Waals surface area contributed by atoms with E-state index in [0.29, 0.717) is 16.8 Å². The van der Waals surface area contributed by atoms with Crippen molar-refractivity contribution in [3.63, 3.8) is 0 Å². The highest BCUT2D eigenvalue weighted by Crippen LogP contribution is 2.34. The lowest BCUT2D eigenvalue weighted by Gasteiger charge is -2.11. The summed E-state index contributed by atoms with van der Waals surface area (Å²) in [5.74, 6) is -2.04. The molecule has 0 unspecified atom stereocenters. The first-order valence-electron chi connectivity index (χ1n) is 8.92. The number of rotatable bonds is 3. The summed E-state index contributed by atoms with van der Waals surface area (Å²) in [5.41, 5.74) is -1.02. The lowest BCUT2D eigenvalue weighted by molar-refractivity contribution is -0.137. The molecule has 4 rings (SSSR count). The van der Waals surface area contributed by atoms with Gasteiger partial charge in [0, 0.05) is 10.6 Å². The third-order valence-corrected chi connectivity index (χ3v) is 4.83. The smallest absolute Gasteiger partial charge is 0.337 e. The van der Waals surface area contributed by atoms with Gasteiger partial charge in [0.15, 0.2) is 5.69 Å². The summed E-state index contributed by atoms with van der Waals surface area (Å²) in [4.78, 5) is 25.4. The summed E-state index contributed by atoms with van der Waals surface area (Å²) in [7, 11) is 0. The van der Waals surface area contributed by atoms with Crippen LogP contribution in [0.4, 0.5) is 17.6 Å². The van der Waals surface area contributed by atoms with Gasteiger partial charge in [0.25, 0.3) is 5.91 Å². The van der Waals surface area contributed by atoms with Crippen molar-refractivity contribution in [3.8, 4) is 16.9 Å². The van der Waals surface area contributed by atoms with Gasteiger partial charge in [-0.3, -0.25) is 9.59 Å². The lowest BCUT2D eigenvalue weighted by atomic mass is 10.1. The van der Waals surface area contributed by atoms with Crippen molar-refractivity contribution >= 4 is 23.4 Å². The fourth-order valence-electron chi connectivity index (χ4n) is 3.17. The van der Waals surface area contributed by atoms with E-state index in [0.717, 1.165) is 12.1 Å². The quantitative estimate of drug-likeness (QED) is 0.613. The standard InChI is InChI=1S/C20H13ClF4N4O2/c21-13-2-1-3-15(7-13)29-17(11-4-12(20(23,24)25)6-14(22)5-11)8-16(27-29)19(31)28-9-18(30)26-10-28/h1-8H,9-10H2,(H,26,30). The van der Waals surface area contributed by atoms with E-state index in [4.69, 9.17) is 11.6 Å². The molecule has 0 spiro atoms. The van der Waals surface area contributed by atoms with E-state index in [1.54, 1.807) is 18.2 Å². The summed E-state index contributed by atoms with van der Waals surface area (Å²) >= 11 is 6.02. The molecule has 0 atom stereocenters. The number of benzene rings is 2. The fourth-order valence-corrected chi connectivity index (χ4v) is 3.36. The maximum atomic E-state index is 14.0. The minimum atomic E-state index is -4.77. The predicted molar refractivity (Wildman–Crippen MR) is 103 cm³/mol. The van der Waals surface area contributed by atoms with Crippen molar-refractivity contribution in [2.75, 3.05) is 13.2 Å². The summed E-state index contributed by atoms with van der Waals surface area (Å²) in [5, 5.41) is 7.03. The molecular weight excluding hydrogens is 440 g/mol. The molecule has 2 aromatic carbocycles. The van der Waals surface area contributed by atoms with Crippen LogP contribution in [0.15, 0.2) is 48.5 Å². The number of halogens is 5. The highest BCUT2D eigenvalue weighted by atomic mass is 35.5. The number of aromatic nitrogens is 2. The van der Waals surface area contributed by atoms with Crippen LogP contribution in [0, 0.1) is 5.82 Å². The van der Waals surface area contributed by atoms with E-state index < -0.39 is 23.5 Å². The van der Waals surface area contributed by atoms with Crippen molar-refractivity contribution in [1.29, 1.82) is 0 Å². The highest BCUT2D eigenvalue weighted by Gasteiger charge is 2.32. The molecule has 1 saturated heterocycles. The molecule has 0 aliphatic carbocycles. The SMILES string of the molecule is O=C1CN(C(=O)c2cc(-c3cc(F)cc(C(F)(F)F)c3)n(-c3cccc(Cl)c3)n2)CN1. The van der Waals surface area contributed by atoms with Crippen LogP contribution in [0.1, 0.15) is 16.1 Å². The maximum Gasteiger partial charge on any atom is 0.416 e. The molecule has 2 heterocycles. The van der Waals surface area contributed by atoms with Crippen LogP contribution in [0.2, 0.25) is 5.02 Å². The third kappa shape index (κ3) is 4.24. The monoisotopic (exact) mass is 452 g/mol. The maximum absolute atomic E-state index is 14.0. The van der Waals surface area contributed by atoms with E-state index in [9.17, 15) is 27.2 Å². The van der Waals surface area contributed by atoms with Crippen LogP contribution in [0.25, 0.3) is 16.9 Å². The Balaban J connectivity index is 1.87. The molecule has 160 valence electrons. The second kappa shape index (κ2) is 7.69. The van der Waals surface area contributed by atoms with Crippen LogP contribution in [-0.4, -0.2) is 39.7 Å². The number of hydrogen-bond donors (Lipinski definition) is 1. The molecule has 1 fully saturated rings. The van der Waals surface area contributed by atoms with Gasteiger partial charge in [0.05, 0.1) is 23.6 Å². The van der Waals surface area contributed by atoms with Gasteiger partial charge < -0.3 is 10.2 Å². The first kappa shape index (κ1) is 20.9. The van der Waals surface area contributed by atoms with Crippen LogP contribution in [0.3, 0.4) is 0 Å². The summed E-state index contributed by atoms with van der Waals surface area (Å²) in [6.07, 6.45) is -4.77. The van der Waals surface area contributed by atoms with Crippen molar-refractivity contribution in [2.45, 2.75) is 6.18 Å². The Bertz CT molecular complexity index is 1190. The Hall–Kier alpha value is -3.40. The van der Waals surface area contributed by atoms with E-state index in [2.05, 4.69) is 10.4 Å². The van der Waals surface area contributed by atoms with Gasteiger partial charge in [0.2, 0.25) is 5.91 Å². The van der Waals surface area contributed by atoms with Crippen molar-refractivity contribution in [2.24, 2.45) is 0 Å². The molecule has 0 saturated carbocycles. The van der Waals surface area contributed by atoms with Crippen LogP contribution >= 0.6 is 11.6 Å². The molecule has 0 radical (unpaired) electrons. The molecule has 0 bridgehead atoms. The van der Waals surface area contributed by atoms with Crippen molar-refractivity contribution in [3.05, 3.63) is 70.6 Å². The molecule has 2 amide bonds. The first-order chi connectivity index (χ1) is 14.6. The van der Waals surface area contributed by atoms with Crippen molar-refractivity contribution in [1.82, 2.24) is 20.0 Å². The zero-order valence-electron chi connectivity index (χ0n) is 15.6. The van der Waals surface area contributed by atoms with Gasteiger partial charge in [-0.05, 0) is 42.5 Å². The normalized spacial score (nSPS) is 14.1. The second-order valence-electron chi connectivity index (χ2n) is 6.79. The molecule has 1 aromatic heterocycles. The van der Waals surface area contributed by atoms with Gasteiger partial charge in [-0.1, -0.05) is 17.7 Å². The molecule has 11 heteroatoms. The zero-order chi connectivity index (χ0) is 22.3. The van der Waals surface area contributed by atoms with Gasteiger partial charge in [-0.2, -0.15) is 18.3 Å². The molecule has 1 N–H and O–H groups in total. The predicted octanol–water partition coefficient (Wildman–Crippen LogP) is 3.88. The Labute approximate surface area is 178 Å². The summed E-state index contributed by atoms with van der Waals surface area (Å²) < 4.78 is 54.9. The van der Waals surface area contributed by atoms with Gasteiger partial charge in [-0.25, -0.2) is 9.07 Å². The number of alkyl halides is 3. The van der Waals surface area contributed by atoms with Gasteiger partial charge in [-0.15, -0.1) is 0 Å². The van der Waals surface area contributed by atoms with Crippen LogP contribution in [-0.2, 0) is 11.0 Å². The molecule has 6 nitrogen and oxygen atoms in total. The average Bonchev–Trinajstić information content (AvgIpc) is 3.33. The fraction of sp³-hybridized carbons (Fsp3) is 0.150. The Kier molecular flexibility index (Phi) is 5.18. The molecule has 1 aliphatic heterocycles. The topological polar surface area (TPSA) is 67.2 Å². The Morgan fingerprint density at radius 2 is 1.90 bits per heavy atom. The lowest BCUT2D eigenvalue weighted by Crippen LogP contribution is -2.30. The molecule has 3 aromatic rings. The van der Waals surface area contributed by atoms with E-state index in [-0.39, 0.29) is 36.1 Å². The number of carbonyl (C=O) groups is 2. The molecule has 31 heavy (non-hydrogen) atoms. The van der Waals surface area contributed by atoms with Gasteiger partial charge >= 0.3 is 6.18 Å². The van der Waals surface area contributed by atoms with Gasteiger partial charge in [0.1, 0.15) is 12.4 Å². The number of nitrogens with zero attached hydrogens (tertiary/aromatic N) is 3. The average molecular weight is 453 g/mol. The molecule has 1 aliphatic rings. The largest absolute Gasteiger partial charge is 0.416 e. The third-order valence-electron chi connectivity index (χ3n) is 4.59. The van der Waals surface area contributed by atoms with E-state index >= 15 is 0 Å². The summed E-state index contributed by atoms with van der Waals surface area (Å²) in [6, 6.07) is 9.60. The Morgan fingerprint density at radius 3 is 2.55 bits per heavy atom. The number of carbonyl (C=O) groups excluding carboxylic acids is 2. The Morgan fingerprint density at radius 1 is 1.13 bits per heavy atom.